The van der Waals surface area contributed by atoms with Gasteiger partial charge in [-0.25, -0.2) is 0 Å². The molecule has 1 fully saturated rings. The van der Waals surface area contributed by atoms with Gasteiger partial charge in [0.2, 0.25) is 0 Å². The van der Waals surface area contributed by atoms with Crippen molar-refractivity contribution in [3.05, 3.63) is 11.8 Å². The van der Waals surface area contributed by atoms with Gasteiger partial charge in [0, 0.05) is 18.6 Å². The number of hydrogen-bond donors (Lipinski definition) is 2. The van der Waals surface area contributed by atoms with Crippen LogP contribution < -0.4 is 5.32 Å². The SMILES string of the molecule is O=C(NC1CCCCCC1CO)C1=CCCCO1. The van der Waals surface area contributed by atoms with Crippen molar-refractivity contribution in [2.75, 3.05) is 13.2 Å². The van der Waals surface area contributed by atoms with Crippen molar-refractivity contribution >= 4 is 5.91 Å². The zero-order valence-electron chi connectivity index (χ0n) is 10.9. The summed E-state index contributed by atoms with van der Waals surface area (Å²) in [6.45, 7) is 0.790. The van der Waals surface area contributed by atoms with E-state index in [-0.39, 0.29) is 24.5 Å². The Labute approximate surface area is 108 Å². The van der Waals surface area contributed by atoms with E-state index in [4.69, 9.17) is 4.74 Å². The van der Waals surface area contributed by atoms with Gasteiger partial charge in [0.25, 0.3) is 5.91 Å². The van der Waals surface area contributed by atoms with Crippen LogP contribution in [-0.2, 0) is 9.53 Å². The lowest BCUT2D eigenvalue weighted by Gasteiger charge is -2.25. The summed E-state index contributed by atoms with van der Waals surface area (Å²) < 4.78 is 5.37. The van der Waals surface area contributed by atoms with Gasteiger partial charge in [-0.3, -0.25) is 4.79 Å². The third-order valence-electron chi connectivity index (χ3n) is 3.87. The van der Waals surface area contributed by atoms with Gasteiger partial charge in [-0.2, -0.15) is 0 Å². The number of allylic oxidation sites excluding steroid dienone is 1. The molecule has 0 aromatic rings. The molecule has 2 aliphatic rings. The smallest absolute Gasteiger partial charge is 0.286 e. The van der Waals surface area contributed by atoms with Crippen LogP contribution in [-0.4, -0.2) is 30.3 Å². The first-order valence-electron chi connectivity index (χ1n) is 7.06. The van der Waals surface area contributed by atoms with E-state index in [0.29, 0.717) is 12.4 Å². The minimum absolute atomic E-state index is 0.0939. The van der Waals surface area contributed by atoms with E-state index in [9.17, 15) is 9.90 Å². The van der Waals surface area contributed by atoms with E-state index in [1.165, 1.54) is 6.42 Å². The molecule has 1 aliphatic carbocycles. The van der Waals surface area contributed by atoms with E-state index in [2.05, 4.69) is 5.32 Å². The highest BCUT2D eigenvalue weighted by molar-refractivity contribution is 5.91. The molecule has 0 aromatic heterocycles. The highest BCUT2D eigenvalue weighted by Gasteiger charge is 2.26. The lowest BCUT2D eigenvalue weighted by molar-refractivity contribution is -0.122. The predicted molar refractivity (Wildman–Crippen MR) is 68.9 cm³/mol. The van der Waals surface area contributed by atoms with E-state index < -0.39 is 0 Å². The van der Waals surface area contributed by atoms with Crippen LogP contribution in [0, 0.1) is 5.92 Å². The molecular formula is C14H23NO3. The van der Waals surface area contributed by atoms with Crippen molar-refractivity contribution in [3.8, 4) is 0 Å². The normalized spacial score (nSPS) is 28.8. The molecule has 2 atom stereocenters. The molecule has 1 aliphatic heterocycles. The number of amides is 1. The van der Waals surface area contributed by atoms with Gasteiger partial charge in [-0.1, -0.05) is 19.3 Å². The Bertz CT molecular complexity index is 314. The quantitative estimate of drug-likeness (QED) is 0.753. The predicted octanol–water partition coefficient (Wildman–Crippen LogP) is 1.74. The Balaban J connectivity index is 1.93. The molecule has 0 saturated heterocycles. The summed E-state index contributed by atoms with van der Waals surface area (Å²) >= 11 is 0. The molecule has 2 unspecified atom stereocenters. The third kappa shape index (κ3) is 3.48. The molecule has 1 amide bonds. The van der Waals surface area contributed by atoms with Gasteiger partial charge >= 0.3 is 0 Å². The zero-order chi connectivity index (χ0) is 12.8. The van der Waals surface area contributed by atoms with Crippen LogP contribution in [0.4, 0.5) is 0 Å². The summed E-state index contributed by atoms with van der Waals surface area (Å²) in [7, 11) is 0. The molecule has 102 valence electrons. The van der Waals surface area contributed by atoms with Gasteiger partial charge in [0.05, 0.1) is 6.61 Å². The van der Waals surface area contributed by atoms with Gasteiger partial charge in [-0.05, 0) is 31.8 Å². The Morgan fingerprint density at radius 1 is 1.33 bits per heavy atom. The number of aliphatic hydroxyl groups excluding tert-OH is 1. The lowest BCUT2D eigenvalue weighted by atomic mass is 9.95. The summed E-state index contributed by atoms with van der Waals surface area (Å²) in [6.07, 6.45) is 9.20. The molecule has 0 radical (unpaired) electrons. The van der Waals surface area contributed by atoms with E-state index in [1.54, 1.807) is 0 Å². The molecule has 1 saturated carbocycles. The van der Waals surface area contributed by atoms with E-state index in [1.807, 2.05) is 6.08 Å². The second-order valence-corrected chi connectivity index (χ2v) is 5.22. The molecule has 4 heteroatoms. The average Bonchev–Trinajstić information content (AvgIpc) is 2.64. The molecule has 1 heterocycles. The lowest BCUT2D eigenvalue weighted by Crippen LogP contribution is -2.42. The summed E-state index contributed by atoms with van der Waals surface area (Å²) in [5, 5.41) is 12.4. The van der Waals surface area contributed by atoms with Gasteiger partial charge in [-0.15, -0.1) is 0 Å². The van der Waals surface area contributed by atoms with Crippen LogP contribution in [0.15, 0.2) is 11.8 Å². The molecule has 0 bridgehead atoms. The van der Waals surface area contributed by atoms with Crippen molar-refractivity contribution in [2.45, 2.75) is 51.0 Å². The highest BCUT2D eigenvalue weighted by atomic mass is 16.5. The first kappa shape index (κ1) is 13.4. The maximum Gasteiger partial charge on any atom is 0.286 e. The van der Waals surface area contributed by atoms with Gasteiger partial charge in [0.1, 0.15) is 0 Å². The first-order chi connectivity index (χ1) is 8.81. The van der Waals surface area contributed by atoms with E-state index in [0.717, 1.165) is 38.5 Å². The fraction of sp³-hybridized carbons (Fsp3) is 0.786. The molecular weight excluding hydrogens is 230 g/mol. The Morgan fingerprint density at radius 3 is 2.89 bits per heavy atom. The number of hydrogen-bond acceptors (Lipinski definition) is 3. The van der Waals surface area contributed by atoms with Crippen molar-refractivity contribution in [2.24, 2.45) is 5.92 Å². The largest absolute Gasteiger partial charge is 0.488 e. The van der Waals surface area contributed by atoms with Crippen molar-refractivity contribution in [1.82, 2.24) is 5.32 Å². The summed E-state index contributed by atoms with van der Waals surface area (Å²) in [4.78, 5) is 12.1. The Hall–Kier alpha value is -1.03. The number of aliphatic hydroxyl groups is 1. The monoisotopic (exact) mass is 253 g/mol. The molecule has 18 heavy (non-hydrogen) atoms. The van der Waals surface area contributed by atoms with Crippen LogP contribution in [0.25, 0.3) is 0 Å². The maximum absolute atomic E-state index is 12.1. The second kappa shape index (κ2) is 6.78. The van der Waals surface area contributed by atoms with Crippen LogP contribution in [0.3, 0.4) is 0 Å². The fourth-order valence-corrected chi connectivity index (χ4v) is 2.75. The standard InChI is InChI=1S/C14H23NO3/c16-10-11-6-2-1-3-7-12(11)15-14(17)13-8-4-5-9-18-13/h8,11-12,16H,1-7,9-10H2,(H,15,17). The molecule has 4 nitrogen and oxygen atoms in total. The first-order valence-corrected chi connectivity index (χ1v) is 7.06. The zero-order valence-corrected chi connectivity index (χ0v) is 10.9. The molecule has 0 spiro atoms. The van der Waals surface area contributed by atoms with Crippen LogP contribution in [0.5, 0.6) is 0 Å². The van der Waals surface area contributed by atoms with Crippen molar-refractivity contribution in [1.29, 1.82) is 0 Å². The topological polar surface area (TPSA) is 58.6 Å². The highest BCUT2D eigenvalue weighted by Crippen LogP contribution is 2.23. The Morgan fingerprint density at radius 2 is 2.17 bits per heavy atom. The summed E-state index contributed by atoms with van der Waals surface area (Å²) in [5.74, 6) is 0.544. The third-order valence-corrected chi connectivity index (χ3v) is 3.87. The molecule has 2 N–H and O–H groups in total. The van der Waals surface area contributed by atoms with Gasteiger partial charge in [0.15, 0.2) is 5.76 Å². The Kier molecular flexibility index (Phi) is 5.05. The van der Waals surface area contributed by atoms with E-state index >= 15 is 0 Å². The van der Waals surface area contributed by atoms with Crippen LogP contribution in [0.2, 0.25) is 0 Å². The minimum Gasteiger partial charge on any atom is -0.488 e. The number of ether oxygens (including phenoxy) is 1. The second-order valence-electron chi connectivity index (χ2n) is 5.22. The number of carbonyl (C=O) groups is 1. The number of carbonyl (C=O) groups excluding carboxylic acids is 1. The fourth-order valence-electron chi connectivity index (χ4n) is 2.75. The maximum atomic E-state index is 12.1. The van der Waals surface area contributed by atoms with Crippen LogP contribution in [0.1, 0.15) is 44.9 Å². The number of rotatable bonds is 3. The summed E-state index contributed by atoms with van der Waals surface area (Å²) in [5.41, 5.74) is 0. The van der Waals surface area contributed by atoms with Gasteiger partial charge < -0.3 is 15.2 Å². The molecule has 2 rings (SSSR count). The minimum atomic E-state index is -0.111. The van der Waals surface area contributed by atoms with Crippen LogP contribution >= 0.6 is 0 Å². The summed E-state index contributed by atoms with van der Waals surface area (Å²) in [6, 6.07) is 0.0939. The average molecular weight is 253 g/mol. The molecule has 0 aromatic carbocycles. The van der Waals surface area contributed by atoms with Crippen molar-refractivity contribution in [3.63, 3.8) is 0 Å². The number of nitrogens with one attached hydrogen (secondary N) is 1. The van der Waals surface area contributed by atoms with Crippen molar-refractivity contribution < 1.29 is 14.6 Å².